The van der Waals surface area contributed by atoms with Gasteiger partial charge in [0.05, 0.1) is 0 Å². The first-order valence-electron chi connectivity index (χ1n) is 6.88. The van der Waals surface area contributed by atoms with Gasteiger partial charge < -0.3 is 0 Å². The largest absolute Gasteiger partial charge is 0.0654 e. The zero-order valence-electron chi connectivity index (χ0n) is 11.9. The molecule has 0 heterocycles. The molecule has 0 saturated carbocycles. The Morgan fingerprint density at radius 2 is 1.40 bits per heavy atom. The third-order valence-electron chi connectivity index (χ3n) is 3.46. The van der Waals surface area contributed by atoms with Gasteiger partial charge in [0, 0.05) is 0 Å². The third kappa shape index (κ3) is 7.88. The van der Waals surface area contributed by atoms with Crippen LogP contribution < -0.4 is 0 Å². The van der Waals surface area contributed by atoms with E-state index in [-0.39, 0.29) is 0 Å². The summed E-state index contributed by atoms with van der Waals surface area (Å²) in [6.07, 6.45) is 8.43. The van der Waals surface area contributed by atoms with Crippen LogP contribution in [0.25, 0.3) is 0 Å². The highest BCUT2D eigenvalue weighted by molar-refractivity contribution is 4.74. The van der Waals surface area contributed by atoms with Gasteiger partial charge in [0.1, 0.15) is 0 Å². The van der Waals surface area contributed by atoms with Crippen molar-refractivity contribution < 1.29 is 0 Å². The van der Waals surface area contributed by atoms with Gasteiger partial charge in [-0.3, -0.25) is 0 Å². The van der Waals surface area contributed by atoms with Crippen molar-refractivity contribution >= 4 is 0 Å². The maximum Gasteiger partial charge on any atom is -0.0354 e. The van der Waals surface area contributed by atoms with Crippen LogP contribution in [0.5, 0.6) is 0 Å². The summed E-state index contributed by atoms with van der Waals surface area (Å²) in [5, 5.41) is 0. The van der Waals surface area contributed by atoms with Gasteiger partial charge in [0.2, 0.25) is 0 Å². The van der Waals surface area contributed by atoms with Gasteiger partial charge in [-0.1, -0.05) is 67.2 Å². The van der Waals surface area contributed by atoms with E-state index in [4.69, 9.17) is 0 Å². The topological polar surface area (TPSA) is 0 Å². The highest BCUT2D eigenvalue weighted by Crippen LogP contribution is 2.34. The summed E-state index contributed by atoms with van der Waals surface area (Å²) >= 11 is 0. The van der Waals surface area contributed by atoms with Crippen molar-refractivity contribution in [2.45, 2.75) is 80.1 Å². The number of hydrogen-bond donors (Lipinski definition) is 0. The van der Waals surface area contributed by atoms with Gasteiger partial charge in [0.15, 0.2) is 0 Å². The Bertz CT molecular complexity index is 139. The van der Waals surface area contributed by atoms with Gasteiger partial charge in [0.25, 0.3) is 0 Å². The molecule has 0 aliphatic rings. The lowest BCUT2D eigenvalue weighted by atomic mass is 9.75. The van der Waals surface area contributed by atoms with Crippen LogP contribution in [0.2, 0.25) is 0 Å². The van der Waals surface area contributed by atoms with E-state index in [0.717, 1.165) is 11.8 Å². The number of unbranched alkanes of at least 4 members (excludes halogenated alkanes) is 1. The van der Waals surface area contributed by atoms with Crippen LogP contribution in [-0.2, 0) is 0 Å². The second-order valence-electron chi connectivity index (χ2n) is 6.53. The fourth-order valence-corrected chi connectivity index (χ4v) is 2.23. The zero-order chi connectivity index (χ0) is 11.9. The summed E-state index contributed by atoms with van der Waals surface area (Å²) in [7, 11) is 0. The first-order valence-corrected chi connectivity index (χ1v) is 6.88. The van der Waals surface area contributed by atoms with E-state index in [1.807, 2.05) is 0 Å². The molecule has 0 amide bonds. The van der Waals surface area contributed by atoms with Crippen LogP contribution in [0.3, 0.4) is 0 Å². The second kappa shape index (κ2) is 7.30. The molecule has 0 aromatic rings. The zero-order valence-corrected chi connectivity index (χ0v) is 11.9. The lowest BCUT2D eigenvalue weighted by Crippen LogP contribution is -2.20. The van der Waals surface area contributed by atoms with Gasteiger partial charge in [-0.2, -0.15) is 0 Å². The average molecular weight is 212 g/mol. The summed E-state index contributed by atoms with van der Waals surface area (Å²) in [6, 6.07) is 0. The SMILES string of the molecule is CCCCC(CCCC(C)C)C(C)(C)C. The monoisotopic (exact) mass is 212 g/mol. The smallest absolute Gasteiger partial charge is 0.0354 e. The summed E-state index contributed by atoms with van der Waals surface area (Å²) in [4.78, 5) is 0. The van der Waals surface area contributed by atoms with Crippen LogP contribution in [-0.4, -0.2) is 0 Å². The summed E-state index contributed by atoms with van der Waals surface area (Å²) in [6.45, 7) is 14.2. The Hall–Kier alpha value is 0. The van der Waals surface area contributed by atoms with E-state index in [1.165, 1.54) is 38.5 Å². The van der Waals surface area contributed by atoms with Crippen LogP contribution in [0.4, 0.5) is 0 Å². The molecule has 0 rings (SSSR count). The average Bonchev–Trinajstić information content (AvgIpc) is 2.08. The fourth-order valence-electron chi connectivity index (χ4n) is 2.23. The molecule has 0 nitrogen and oxygen atoms in total. The maximum atomic E-state index is 2.41. The molecule has 0 bridgehead atoms. The summed E-state index contributed by atoms with van der Waals surface area (Å²) in [5.41, 5.74) is 0.506. The molecule has 1 unspecified atom stereocenters. The first kappa shape index (κ1) is 15.0. The minimum Gasteiger partial charge on any atom is -0.0654 e. The Morgan fingerprint density at radius 1 is 0.867 bits per heavy atom. The van der Waals surface area contributed by atoms with E-state index >= 15 is 0 Å². The predicted octanol–water partition coefficient (Wildman–Crippen LogP) is 5.67. The molecule has 0 aliphatic heterocycles. The van der Waals surface area contributed by atoms with Gasteiger partial charge in [-0.15, -0.1) is 0 Å². The maximum absolute atomic E-state index is 2.41. The molecule has 15 heavy (non-hydrogen) atoms. The molecule has 0 radical (unpaired) electrons. The summed E-state index contributed by atoms with van der Waals surface area (Å²) < 4.78 is 0. The van der Waals surface area contributed by atoms with E-state index in [1.54, 1.807) is 0 Å². The molecule has 0 aromatic heterocycles. The molecule has 92 valence electrons. The Morgan fingerprint density at radius 3 is 1.80 bits per heavy atom. The Labute approximate surface area is 97.8 Å². The van der Waals surface area contributed by atoms with Crippen molar-refractivity contribution in [3.8, 4) is 0 Å². The molecule has 0 aliphatic carbocycles. The lowest BCUT2D eigenvalue weighted by molar-refractivity contribution is 0.200. The van der Waals surface area contributed by atoms with Crippen molar-refractivity contribution in [3.63, 3.8) is 0 Å². The normalized spacial score (nSPS) is 14.6. The van der Waals surface area contributed by atoms with Crippen molar-refractivity contribution in [1.82, 2.24) is 0 Å². The Balaban J connectivity index is 3.91. The second-order valence-corrected chi connectivity index (χ2v) is 6.53. The Kier molecular flexibility index (Phi) is 7.30. The highest BCUT2D eigenvalue weighted by atomic mass is 14.3. The predicted molar refractivity (Wildman–Crippen MR) is 71.2 cm³/mol. The van der Waals surface area contributed by atoms with Gasteiger partial charge >= 0.3 is 0 Å². The van der Waals surface area contributed by atoms with Crippen LogP contribution in [0.1, 0.15) is 80.1 Å². The molecular formula is C15H32. The quantitative estimate of drug-likeness (QED) is 0.510. The molecule has 0 spiro atoms. The lowest BCUT2D eigenvalue weighted by Gasteiger charge is -2.31. The molecule has 1 atom stereocenters. The minimum absolute atomic E-state index is 0.506. The first-order chi connectivity index (χ1) is 6.88. The van der Waals surface area contributed by atoms with E-state index in [9.17, 15) is 0 Å². The molecule has 0 saturated heterocycles. The molecular weight excluding hydrogens is 180 g/mol. The van der Waals surface area contributed by atoms with E-state index in [0.29, 0.717) is 5.41 Å². The van der Waals surface area contributed by atoms with Crippen LogP contribution >= 0.6 is 0 Å². The molecule has 0 fully saturated rings. The van der Waals surface area contributed by atoms with Crippen molar-refractivity contribution in [3.05, 3.63) is 0 Å². The van der Waals surface area contributed by atoms with Crippen LogP contribution in [0, 0.1) is 17.3 Å². The van der Waals surface area contributed by atoms with Crippen molar-refractivity contribution in [2.24, 2.45) is 17.3 Å². The molecule has 0 N–H and O–H groups in total. The minimum atomic E-state index is 0.506. The number of rotatable bonds is 7. The van der Waals surface area contributed by atoms with Crippen LogP contribution in [0.15, 0.2) is 0 Å². The van der Waals surface area contributed by atoms with E-state index in [2.05, 4.69) is 41.5 Å². The number of hydrogen-bond acceptors (Lipinski definition) is 0. The van der Waals surface area contributed by atoms with Gasteiger partial charge in [-0.05, 0) is 30.1 Å². The van der Waals surface area contributed by atoms with Crippen molar-refractivity contribution in [2.75, 3.05) is 0 Å². The molecule has 0 aromatic carbocycles. The summed E-state index contributed by atoms with van der Waals surface area (Å²) in [5.74, 6) is 1.80. The third-order valence-corrected chi connectivity index (χ3v) is 3.46. The highest BCUT2D eigenvalue weighted by Gasteiger charge is 2.23. The van der Waals surface area contributed by atoms with Crippen molar-refractivity contribution in [1.29, 1.82) is 0 Å². The van der Waals surface area contributed by atoms with E-state index < -0.39 is 0 Å². The molecule has 0 heteroatoms. The fraction of sp³-hybridized carbons (Fsp3) is 1.00. The standard InChI is InChI=1S/C15H32/c1-7-8-11-14(15(4,5)6)12-9-10-13(2)3/h13-14H,7-12H2,1-6H3. The van der Waals surface area contributed by atoms with Gasteiger partial charge in [-0.25, -0.2) is 0 Å².